The zero-order chi connectivity index (χ0) is 12.8. The molecule has 96 valence electrons. The Morgan fingerprint density at radius 1 is 1.24 bits per heavy atom. The summed E-state index contributed by atoms with van der Waals surface area (Å²) in [6.45, 7) is 6.57. The molecular formula is C14H22O3. The summed E-state index contributed by atoms with van der Waals surface area (Å²) in [5.41, 5.74) is 0.787. The number of ether oxygens (including phenoxy) is 2. The molecule has 0 aliphatic heterocycles. The van der Waals surface area contributed by atoms with Crippen LogP contribution in [0.25, 0.3) is 0 Å². The van der Waals surface area contributed by atoms with Crippen molar-refractivity contribution in [1.82, 2.24) is 0 Å². The Hall–Kier alpha value is -1.06. The summed E-state index contributed by atoms with van der Waals surface area (Å²) in [5, 5.41) is 10.4. The van der Waals surface area contributed by atoms with Gasteiger partial charge in [-0.15, -0.1) is 0 Å². The molecule has 1 aromatic carbocycles. The molecule has 1 rings (SSSR count). The summed E-state index contributed by atoms with van der Waals surface area (Å²) in [6.07, 6.45) is -0.889. The molecule has 0 saturated heterocycles. The van der Waals surface area contributed by atoms with E-state index in [1.54, 1.807) is 7.11 Å². The first-order chi connectivity index (χ1) is 8.11. The molecule has 0 radical (unpaired) electrons. The molecule has 3 heteroatoms. The summed E-state index contributed by atoms with van der Waals surface area (Å²) in [7, 11) is 1.62. The summed E-state index contributed by atoms with van der Waals surface area (Å²) < 4.78 is 10.9. The van der Waals surface area contributed by atoms with Crippen molar-refractivity contribution in [2.24, 2.45) is 5.92 Å². The van der Waals surface area contributed by atoms with Crippen molar-refractivity contribution in [2.45, 2.75) is 33.0 Å². The molecule has 0 aliphatic rings. The molecule has 0 spiro atoms. The van der Waals surface area contributed by atoms with Gasteiger partial charge < -0.3 is 14.6 Å². The number of aliphatic hydroxyl groups is 1. The standard InChI is InChI=1S/C14H22O3/c1-5-17-12-9-7-6-8-11(12)13(15)14(16-4)10(2)3/h6-10,13-15H,5H2,1-4H3. The highest BCUT2D eigenvalue weighted by molar-refractivity contribution is 5.35. The maximum atomic E-state index is 10.4. The van der Waals surface area contributed by atoms with Gasteiger partial charge in [0.1, 0.15) is 11.9 Å². The van der Waals surface area contributed by atoms with Crippen LogP contribution < -0.4 is 4.74 Å². The number of rotatable bonds is 6. The molecule has 0 aromatic heterocycles. The van der Waals surface area contributed by atoms with Crippen molar-refractivity contribution in [2.75, 3.05) is 13.7 Å². The summed E-state index contributed by atoms with van der Waals surface area (Å²) in [4.78, 5) is 0. The summed E-state index contributed by atoms with van der Waals surface area (Å²) in [5.74, 6) is 0.967. The zero-order valence-electron chi connectivity index (χ0n) is 11.0. The monoisotopic (exact) mass is 238 g/mol. The highest BCUT2D eigenvalue weighted by Crippen LogP contribution is 2.30. The fraction of sp³-hybridized carbons (Fsp3) is 0.571. The van der Waals surface area contributed by atoms with E-state index in [-0.39, 0.29) is 12.0 Å². The van der Waals surface area contributed by atoms with E-state index in [2.05, 4.69) is 0 Å². The second-order valence-corrected chi connectivity index (χ2v) is 4.36. The maximum absolute atomic E-state index is 10.4. The average Bonchev–Trinajstić information content (AvgIpc) is 2.30. The third-order valence-electron chi connectivity index (χ3n) is 2.78. The minimum absolute atomic E-state index is 0.225. The van der Waals surface area contributed by atoms with Crippen molar-refractivity contribution in [3.05, 3.63) is 29.8 Å². The van der Waals surface area contributed by atoms with E-state index in [9.17, 15) is 5.11 Å². The fourth-order valence-corrected chi connectivity index (χ4v) is 1.95. The normalized spacial score (nSPS) is 14.7. The Labute approximate surface area is 103 Å². The van der Waals surface area contributed by atoms with Crippen LogP contribution >= 0.6 is 0 Å². The zero-order valence-corrected chi connectivity index (χ0v) is 11.0. The molecule has 3 nitrogen and oxygen atoms in total. The molecule has 2 atom stereocenters. The molecule has 1 N–H and O–H groups in total. The van der Waals surface area contributed by atoms with Crippen LogP contribution in [-0.2, 0) is 4.74 Å². The molecule has 2 unspecified atom stereocenters. The second kappa shape index (κ2) is 6.62. The summed E-state index contributed by atoms with van der Waals surface area (Å²) in [6, 6.07) is 7.55. The van der Waals surface area contributed by atoms with Crippen molar-refractivity contribution >= 4 is 0 Å². The number of benzene rings is 1. The van der Waals surface area contributed by atoms with E-state index in [4.69, 9.17) is 9.47 Å². The lowest BCUT2D eigenvalue weighted by Crippen LogP contribution is -2.26. The first-order valence-corrected chi connectivity index (χ1v) is 6.04. The second-order valence-electron chi connectivity index (χ2n) is 4.36. The Balaban J connectivity index is 2.97. The molecule has 0 aliphatic carbocycles. The molecule has 0 amide bonds. The van der Waals surface area contributed by atoms with Gasteiger partial charge in [0, 0.05) is 12.7 Å². The predicted molar refractivity (Wildman–Crippen MR) is 68.2 cm³/mol. The Bertz CT molecular complexity index is 336. The van der Waals surface area contributed by atoms with Crippen LogP contribution in [0.15, 0.2) is 24.3 Å². The topological polar surface area (TPSA) is 38.7 Å². The van der Waals surface area contributed by atoms with Gasteiger partial charge >= 0.3 is 0 Å². The number of para-hydroxylation sites is 1. The lowest BCUT2D eigenvalue weighted by molar-refractivity contribution is -0.0400. The van der Waals surface area contributed by atoms with Gasteiger partial charge in [0.25, 0.3) is 0 Å². The average molecular weight is 238 g/mol. The van der Waals surface area contributed by atoms with Gasteiger partial charge in [-0.2, -0.15) is 0 Å². The van der Waals surface area contributed by atoms with Crippen LogP contribution in [0.3, 0.4) is 0 Å². The lowest BCUT2D eigenvalue weighted by atomic mass is 9.95. The third-order valence-corrected chi connectivity index (χ3v) is 2.78. The van der Waals surface area contributed by atoms with Crippen molar-refractivity contribution in [3.63, 3.8) is 0 Å². The Morgan fingerprint density at radius 3 is 2.41 bits per heavy atom. The molecule has 1 aromatic rings. The van der Waals surface area contributed by atoms with E-state index in [0.29, 0.717) is 6.61 Å². The SMILES string of the molecule is CCOc1ccccc1C(O)C(OC)C(C)C. The highest BCUT2D eigenvalue weighted by atomic mass is 16.5. The minimum atomic E-state index is -0.664. The number of hydrogen-bond acceptors (Lipinski definition) is 3. The molecule has 0 bridgehead atoms. The molecule has 0 heterocycles. The van der Waals surface area contributed by atoms with Crippen molar-refractivity contribution in [1.29, 1.82) is 0 Å². The van der Waals surface area contributed by atoms with Crippen LogP contribution in [0, 0.1) is 5.92 Å². The molecule has 0 fully saturated rings. The number of methoxy groups -OCH3 is 1. The van der Waals surface area contributed by atoms with Gasteiger partial charge in [0.2, 0.25) is 0 Å². The largest absolute Gasteiger partial charge is 0.493 e. The van der Waals surface area contributed by atoms with Gasteiger partial charge in [0.05, 0.1) is 12.7 Å². The van der Waals surface area contributed by atoms with Gasteiger partial charge in [-0.3, -0.25) is 0 Å². The fourth-order valence-electron chi connectivity index (χ4n) is 1.95. The van der Waals surface area contributed by atoms with E-state index in [1.165, 1.54) is 0 Å². The third kappa shape index (κ3) is 3.45. The molecule has 17 heavy (non-hydrogen) atoms. The Morgan fingerprint density at radius 2 is 1.88 bits per heavy atom. The van der Waals surface area contributed by atoms with Crippen LogP contribution in [0.1, 0.15) is 32.4 Å². The molecule has 0 saturated carbocycles. The van der Waals surface area contributed by atoms with Gasteiger partial charge in [-0.25, -0.2) is 0 Å². The van der Waals surface area contributed by atoms with E-state index in [0.717, 1.165) is 11.3 Å². The highest BCUT2D eigenvalue weighted by Gasteiger charge is 2.26. The number of hydrogen-bond donors (Lipinski definition) is 1. The van der Waals surface area contributed by atoms with Crippen molar-refractivity contribution < 1.29 is 14.6 Å². The van der Waals surface area contributed by atoms with Gasteiger partial charge in [-0.1, -0.05) is 32.0 Å². The predicted octanol–water partition coefficient (Wildman–Crippen LogP) is 2.79. The molecular weight excluding hydrogens is 216 g/mol. The lowest BCUT2D eigenvalue weighted by Gasteiger charge is -2.26. The van der Waals surface area contributed by atoms with Crippen LogP contribution in [0.2, 0.25) is 0 Å². The minimum Gasteiger partial charge on any atom is -0.493 e. The van der Waals surface area contributed by atoms with E-state index >= 15 is 0 Å². The first kappa shape index (κ1) is 14.0. The first-order valence-electron chi connectivity index (χ1n) is 6.04. The van der Waals surface area contributed by atoms with Crippen molar-refractivity contribution in [3.8, 4) is 5.75 Å². The van der Waals surface area contributed by atoms with Gasteiger partial charge in [-0.05, 0) is 18.9 Å². The quantitative estimate of drug-likeness (QED) is 0.828. The summed E-state index contributed by atoms with van der Waals surface area (Å²) >= 11 is 0. The smallest absolute Gasteiger partial charge is 0.125 e. The van der Waals surface area contributed by atoms with Gasteiger partial charge in [0.15, 0.2) is 0 Å². The van der Waals surface area contributed by atoms with Crippen LogP contribution in [-0.4, -0.2) is 24.9 Å². The van der Waals surface area contributed by atoms with Crippen LogP contribution in [0.5, 0.6) is 5.75 Å². The number of aliphatic hydroxyl groups excluding tert-OH is 1. The van der Waals surface area contributed by atoms with E-state index in [1.807, 2.05) is 45.0 Å². The maximum Gasteiger partial charge on any atom is 0.125 e. The van der Waals surface area contributed by atoms with E-state index < -0.39 is 6.10 Å². The Kier molecular flexibility index (Phi) is 5.45. The van der Waals surface area contributed by atoms with Crippen LogP contribution in [0.4, 0.5) is 0 Å².